The number of esters is 1. The van der Waals surface area contributed by atoms with E-state index in [1.54, 1.807) is 13.0 Å². The van der Waals surface area contributed by atoms with Crippen LogP contribution in [0.5, 0.6) is 0 Å². The van der Waals surface area contributed by atoms with Crippen LogP contribution >= 0.6 is 0 Å². The van der Waals surface area contributed by atoms with Gasteiger partial charge < -0.3 is 15.0 Å². The van der Waals surface area contributed by atoms with Crippen LogP contribution in [0.15, 0.2) is 17.1 Å². The van der Waals surface area contributed by atoms with Gasteiger partial charge in [-0.3, -0.25) is 9.20 Å². The molecule has 2 aliphatic rings. The van der Waals surface area contributed by atoms with E-state index in [4.69, 9.17) is 4.74 Å². The van der Waals surface area contributed by atoms with Crippen molar-refractivity contribution in [3.63, 3.8) is 0 Å². The summed E-state index contributed by atoms with van der Waals surface area (Å²) >= 11 is 0. The number of pyridine rings is 2. The van der Waals surface area contributed by atoms with Gasteiger partial charge in [0.1, 0.15) is 5.56 Å². The maximum atomic E-state index is 15.2. The van der Waals surface area contributed by atoms with Crippen molar-refractivity contribution in [1.29, 1.82) is 0 Å². The second-order valence-electron chi connectivity index (χ2n) is 7.57. The highest BCUT2D eigenvalue weighted by Crippen LogP contribution is 2.43. The summed E-state index contributed by atoms with van der Waals surface area (Å²) in [4.78, 5) is 27.3. The van der Waals surface area contributed by atoms with Gasteiger partial charge in [-0.2, -0.15) is 0 Å². The Morgan fingerprint density at radius 3 is 2.82 bits per heavy atom. The fraction of sp³-hybridized carbons (Fsp3) is 0.524. The SMILES string of the molecule is CCOC(=O)c1cc(C2CC2)c2c(C)c(N3CCCNCC3)c(F)cn2c1=O. The molecule has 2 aromatic heterocycles. The highest BCUT2D eigenvalue weighted by Gasteiger charge is 2.31. The van der Waals surface area contributed by atoms with E-state index in [0.29, 0.717) is 11.6 Å². The van der Waals surface area contributed by atoms with Crippen molar-refractivity contribution in [2.75, 3.05) is 37.7 Å². The molecule has 150 valence electrons. The van der Waals surface area contributed by atoms with Crippen LogP contribution in [0, 0.1) is 12.7 Å². The third-order valence-electron chi connectivity index (χ3n) is 5.61. The van der Waals surface area contributed by atoms with Crippen LogP contribution in [0.4, 0.5) is 10.1 Å². The van der Waals surface area contributed by atoms with Crippen molar-refractivity contribution in [2.45, 2.75) is 39.0 Å². The van der Waals surface area contributed by atoms with Crippen LogP contribution in [-0.2, 0) is 4.74 Å². The van der Waals surface area contributed by atoms with Gasteiger partial charge in [-0.1, -0.05) is 0 Å². The van der Waals surface area contributed by atoms with Crippen molar-refractivity contribution in [2.24, 2.45) is 0 Å². The molecule has 2 aromatic rings. The Morgan fingerprint density at radius 2 is 2.11 bits per heavy atom. The molecule has 7 heteroatoms. The summed E-state index contributed by atoms with van der Waals surface area (Å²) in [5.41, 5.74) is 2.45. The van der Waals surface area contributed by atoms with Crippen molar-refractivity contribution < 1.29 is 13.9 Å². The number of carbonyl (C=O) groups is 1. The zero-order valence-corrected chi connectivity index (χ0v) is 16.4. The van der Waals surface area contributed by atoms with Gasteiger partial charge in [0.05, 0.1) is 24.0 Å². The van der Waals surface area contributed by atoms with E-state index >= 15 is 4.39 Å². The molecule has 2 fully saturated rings. The topological polar surface area (TPSA) is 63.1 Å². The number of nitrogens with one attached hydrogen (secondary N) is 1. The third-order valence-corrected chi connectivity index (χ3v) is 5.61. The number of ether oxygens (including phenoxy) is 1. The molecule has 1 aliphatic heterocycles. The number of aryl methyl sites for hydroxylation is 1. The zero-order valence-electron chi connectivity index (χ0n) is 16.4. The number of nitrogens with zero attached hydrogens (tertiary/aromatic N) is 2. The standard InChI is InChI=1S/C21H26FN3O3/c1-3-28-21(27)16-11-15(14-5-6-14)18-13(2)19(17(22)12-25(18)20(16)26)24-9-4-7-23-8-10-24/h11-12,14,23H,3-10H2,1-2H3. The minimum atomic E-state index is -0.649. The second kappa shape index (κ2) is 7.54. The molecule has 1 saturated carbocycles. The zero-order chi connectivity index (χ0) is 19.8. The lowest BCUT2D eigenvalue weighted by Crippen LogP contribution is -2.31. The van der Waals surface area contributed by atoms with Crippen LogP contribution in [0.2, 0.25) is 0 Å². The molecule has 1 saturated heterocycles. The van der Waals surface area contributed by atoms with Gasteiger partial charge in [0.25, 0.3) is 5.56 Å². The molecule has 4 rings (SSSR count). The molecular weight excluding hydrogens is 361 g/mol. The van der Waals surface area contributed by atoms with E-state index in [9.17, 15) is 9.59 Å². The average Bonchev–Trinajstić information content (AvgIpc) is 3.50. The van der Waals surface area contributed by atoms with Crippen LogP contribution in [0.3, 0.4) is 0 Å². The molecule has 1 aliphatic carbocycles. The van der Waals surface area contributed by atoms with E-state index < -0.39 is 17.3 Å². The summed E-state index contributed by atoms with van der Waals surface area (Å²) in [6, 6.07) is 1.67. The lowest BCUT2D eigenvalue weighted by molar-refractivity contribution is 0.0524. The Kier molecular flexibility index (Phi) is 5.10. The molecule has 6 nitrogen and oxygen atoms in total. The summed E-state index contributed by atoms with van der Waals surface area (Å²) in [6.07, 6.45) is 4.20. The maximum Gasteiger partial charge on any atom is 0.343 e. The van der Waals surface area contributed by atoms with Crippen molar-refractivity contribution in [3.8, 4) is 0 Å². The number of aromatic nitrogens is 1. The first kappa shape index (κ1) is 18.9. The fourth-order valence-corrected chi connectivity index (χ4v) is 4.16. The number of rotatable bonds is 4. The van der Waals surface area contributed by atoms with Gasteiger partial charge >= 0.3 is 5.97 Å². The molecule has 0 atom stereocenters. The molecule has 0 amide bonds. The Bertz CT molecular complexity index is 973. The van der Waals surface area contributed by atoms with Crippen LogP contribution < -0.4 is 15.8 Å². The van der Waals surface area contributed by atoms with Crippen molar-refractivity contribution in [1.82, 2.24) is 9.72 Å². The summed E-state index contributed by atoms with van der Waals surface area (Å²) in [5, 5.41) is 3.33. The van der Waals surface area contributed by atoms with E-state index in [1.165, 1.54) is 10.6 Å². The lowest BCUT2D eigenvalue weighted by atomic mass is 10.0. The molecule has 0 aromatic carbocycles. The number of carbonyl (C=O) groups excluding carboxylic acids is 1. The van der Waals surface area contributed by atoms with Gasteiger partial charge in [-0.25, -0.2) is 9.18 Å². The summed E-state index contributed by atoms with van der Waals surface area (Å²) in [6.45, 7) is 6.97. The van der Waals surface area contributed by atoms with Crippen LogP contribution in [0.25, 0.3) is 5.52 Å². The molecule has 0 unspecified atom stereocenters. The molecule has 1 N–H and O–H groups in total. The monoisotopic (exact) mass is 387 g/mol. The first-order chi connectivity index (χ1) is 13.5. The minimum absolute atomic E-state index is 0.0215. The summed E-state index contributed by atoms with van der Waals surface area (Å²) in [5.74, 6) is -0.784. The molecule has 3 heterocycles. The lowest BCUT2D eigenvalue weighted by Gasteiger charge is -2.26. The van der Waals surface area contributed by atoms with E-state index in [1.807, 2.05) is 6.92 Å². The van der Waals surface area contributed by atoms with E-state index in [2.05, 4.69) is 10.2 Å². The summed E-state index contributed by atoms with van der Waals surface area (Å²) < 4.78 is 21.5. The van der Waals surface area contributed by atoms with Crippen LogP contribution in [-0.4, -0.2) is 43.2 Å². The third kappa shape index (κ3) is 3.28. The van der Waals surface area contributed by atoms with Gasteiger partial charge in [0.15, 0.2) is 5.82 Å². The molecule has 0 bridgehead atoms. The second-order valence-corrected chi connectivity index (χ2v) is 7.57. The Labute approximate surface area is 163 Å². The van der Waals surface area contributed by atoms with Crippen molar-refractivity contribution >= 4 is 17.2 Å². The highest BCUT2D eigenvalue weighted by atomic mass is 19.1. The Morgan fingerprint density at radius 1 is 1.32 bits per heavy atom. The van der Waals surface area contributed by atoms with Crippen molar-refractivity contribution in [3.05, 3.63) is 45.1 Å². The van der Waals surface area contributed by atoms with E-state index in [-0.39, 0.29) is 12.2 Å². The van der Waals surface area contributed by atoms with Gasteiger partial charge in [-0.15, -0.1) is 0 Å². The van der Waals surface area contributed by atoms with Gasteiger partial charge in [0, 0.05) is 19.6 Å². The molecule has 0 spiro atoms. The number of halogens is 1. The smallest absolute Gasteiger partial charge is 0.343 e. The summed E-state index contributed by atoms with van der Waals surface area (Å²) in [7, 11) is 0. The van der Waals surface area contributed by atoms with Gasteiger partial charge in [-0.05, 0) is 62.8 Å². The number of anilines is 1. The molecule has 28 heavy (non-hydrogen) atoms. The minimum Gasteiger partial charge on any atom is -0.462 e. The Balaban J connectivity index is 1.94. The predicted octanol–water partition coefficient (Wildman–Crippen LogP) is 2.60. The predicted molar refractivity (Wildman–Crippen MR) is 106 cm³/mol. The van der Waals surface area contributed by atoms with Crippen LogP contribution in [0.1, 0.15) is 53.6 Å². The molecule has 0 radical (unpaired) electrons. The normalized spacial score (nSPS) is 17.6. The first-order valence-electron chi connectivity index (χ1n) is 10.0. The number of fused-ring (bicyclic) bond motifs is 1. The number of hydrogen-bond donors (Lipinski definition) is 1. The first-order valence-corrected chi connectivity index (χ1v) is 10.0. The fourth-order valence-electron chi connectivity index (χ4n) is 4.16. The maximum absolute atomic E-state index is 15.2. The number of hydrogen-bond acceptors (Lipinski definition) is 5. The van der Waals surface area contributed by atoms with E-state index in [0.717, 1.165) is 62.1 Å². The highest BCUT2D eigenvalue weighted by molar-refractivity contribution is 5.90. The quantitative estimate of drug-likeness (QED) is 0.817. The largest absolute Gasteiger partial charge is 0.462 e. The Hall–Kier alpha value is -2.41. The average molecular weight is 387 g/mol. The van der Waals surface area contributed by atoms with Gasteiger partial charge in [0.2, 0.25) is 0 Å². The molecular formula is C21H26FN3O3.